The summed E-state index contributed by atoms with van der Waals surface area (Å²) in [5, 5.41) is 7.16. The van der Waals surface area contributed by atoms with Crippen LogP contribution >= 0.6 is 0 Å². The Morgan fingerprint density at radius 2 is 1.95 bits per heavy atom. The maximum Gasteiger partial charge on any atom is 0.254 e. The van der Waals surface area contributed by atoms with Gasteiger partial charge in [0.1, 0.15) is 0 Å². The first kappa shape index (κ1) is 27.1. The molecule has 0 radical (unpaired) electrons. The smallest absolute Gasteiger partial charge is 0.254 e. The number of hydrogen-bond donors (Lipinski definition) is 1. The average Bonchev–Trinajstić information content (AvgIpc) is 3.40. The Morgan fingerprint density at radius 1 is 1.20 bits per heavy atom. The van der Waals surface area contributed by atoms with Gasteiger partial charge in [0.2, 0.25) is 0 Å². The Morgan fingerprint density at radius 3 is 2.66 bits per heavy atom. The van der Waals surface area contributed by atoms with Gasteiger partial charge < -0.3 is 19.9 Å². The van der Waals surface area contributed by atoms with Crippen molar-refractivity contribution in [3.63, 3.8) is 0 Å². The summed E-state index contributed by atoms with van der Waals surface area (Å²) in [5.41, 5.74) is 15.7. The van der Waals surface area contributed by atoms with Crippen LogP contribution in [0.4, 0.5) is 0 Å². The van der Waals surface area contributed by atoms with Crippen molar-refractivity contribution in [3.8, 4) is 0 Å². The molecule has 0 spiro atoms. The highest BCUT2D eigenvalue weighted by Gasteiger charge is 2.33. The van der Waals surface area contributed by atoms with E-state index in [1.54, 1.807) is 5.01 Å². The third kappa shape index (κ3) is 4.78. The lowest BCUT2D eigenvalue weighted by molar-refractivity contribution is 0.0547. The van der Waals surface area contributed by atoms with Crippen molar-refractivity contribution in [2.75, 3.05) is 27.3 Å². The Hall–Kier alpha value is -4.10. The lowest BCUT2D eigenvalue weighted by Crippen LogP contribution is -2.27. The number of nitrogens with two attached hydrogens (primary N) is 1. The fourth-order valence-corrected chi connectivity index (χ4v) is 6.90. The molecule has 2 aromatic carbocycles. The number of benzene rings is 2. The molecule has 3 aromatic rings. The number of carbonyl (C=O) groups excluding carboxylic acids is 1. The summed E-state index contributed by atoms with van der Waals surface area (Å²) in [6, 6.07) is 15.3. The molecule has 1 amide bonds. The van der Waals surface area contributed by atoms with Crippen molar-refractivity contribution in [3.05, 3.63) is 99.5 Å². The second-order valence-corrected chi connectivity index (χ2v) is 11.5. The second kappa shape index (κ2) is 11.1. The van der Waals surface area contributed by atoms with Crippen molar-refractivity contribution in [1.82, 2.24) is 14.5 Å². The largest absolute Gasteiger partial charge is 0.401 e. The first-order chi connectivity index (χ1) is 19.9. The van der Waals surface area contributed by atoms with Crippen molar-refractivity contribution >= 4 is 29.6 Å². The Bertz CT molecular complexity index is 1590. The lowest BCUT2D eigenvalue weighted by Gasteiger charge is -2.34. The molecule has 7 heteroatoms. The normalized spacial score (nSPS) is 20.0. The molecular weight excluding hydrogens is 510 g/mol. The Balaban J connectivity index is 1.69. The van der Waals surface area contributed by atoms with E-state index in [2.05, 4.69) is 77.1 Å². The molecule has 41 heavy (non-hydrogen) atoms. The van der Waals surface area contributed by atoms with Crippen molar-refractivity contribution < 1.29 is 9.53 Å². The van der Waals surface area contributed by atoms with Crippen molar-refractivity contribution in [2.24, 2.45) is 16.8 Å². The first-order valence-corrected chi connectivity index (χ1v) is 14.5. The number of carbonyl (C=O) groups is 1. The number of aromatic nitrogens is 1. The number of amides is 1. The van der Waals surface area contributed by atoms with E-state index < -0.39 is 0 Å². The highest BCUT2D eigenvalue weighted by atomic mass is 16.5. The van der Waals surface area contributed by atoms with Crippen LogP contribution < -0.4 is 5.73 Å². The van der Waals surface area contributed by atoms with Crippen molar-refractivity contribution in [1.29, 1.82) is 0 Å². The summed E-state index contributed by atoms with van der Waals surface area (Å²) in [6.45, 7) is 7.82. The molecule has 3 aliphatic rings. The van der Waals surface area contributed by atoms with E-state index in [9.17, 15) is 4.79 Å². The van der Waals surface area contributed by atoms with E-state index in [1.807, 2.05) is 25.9 Å². The zero-order chi connectivity index (χ0) is 28.7. The summed E-state index contributed by atoms with van der Waals surface area (Å²) < 4.78 is 8.34. The van der Waals surface area contributed by atoms with Gasteiger partial charge in [-0.05, 0) is 73.4 Å². The zero-order valence-electron chi connectivity index (χ0n) is 24.3. The van der Waals surface area contributed by atoms with Crippen LogP contribution in [0.25, 0.3) is 17.0 Å². The van der Waals surface area contributed by atoms with Gasteiger partial charge in [-0.25, -0.2) is 0 Å². The van der Waals surface area contributed by atoms with Crippen LogP contribution in [0.2, 0.25) is 0 Å². The minimum Gasteiger partial charge on any atom is -0.401 e. The molecule has 1 aliphatic carbocycles. The van der Waals surface area contributed by atoms with E-state index in [0.29, 0.717) is 18.2 Å². The van der Waals surface area contributed by atoms with E-state index in [-0.39, 0.29) is 11.9 Å². The predicted molar refractivity (Wildman–Crippen MR) is 165 cm³/mol. The molecule has 7 nitrogen and oxygen atoms in total. The molecule has 1 atom stereocenters. The van der Waals surface area contributed by atoms with Gasteiger partial charge in [-0.1, -0.05) is 42.5 Å². The van der Waals surface area contributed by atoms with Crippen LogP contribution in [0.15, 0.2) is 76.7 Å². The van der Waals surface area contributed by atoms with Crippen LogP contribution in [0, 0.1) is 5.92 Å². The van der Waals surface area contributed by atoms with E-state index in [4.69, 9.17) is 10.5 Å². The Labute approximate surface area is 242 Å². The summed E-state index contributed by atoms with van der Waals surface area (Å²) in [5.74, 6) is 0.476. The minimum atomic E-state index is 0.0844. The number of allylic oxidation sites excluding steroid dienone is 3. The molecule has 6 rings (SSSR count). The number of likely N-dealkylation sites (N-methyl/N-ethyl adjacent to an activating group) is 1. The topological polar surface area (TPSA) is 76.1 Å². The van der Waals surface area contributed by atoms with Gasteiger partial charge in [-0.3, -0.25) is 9.80 Å². The number of hydrazone groups is 1. The molecule has 0 unspecified atom stereocenters. The number of rotatable bonds is 6. The van der Waals surface area contributed by atoms with E-state index >= 15 is 0 Å². The van der Waals surface area contributed by atoms with Gasteiger partial charge in [-0.15, -0.1) is 0 Å². The van der Waals surface area contributed by atoms with Crippen LogP contribution in [-0.2, 0) is 17.7 Å². The third-order valence-corrected chi connectivity index (χ3v) is 8.82. The minimum absolute atomic E-state index is 0.0844. The van der Waals surface area contributed by atoms with E-state index in [1.165, 1.54) is 22.2 Å². The monoisotopic (exact) mass is 549 g/mol. The summed E-state index contributed by atoms with van der Waals surface area (Å²) in [4.78, 5) is 15.0. The quantitative estimate of drug-likeness (QED) is 0.308. The molecule has 212 valence electrons. The van der Waals surface area contributed by atoms with Gasteiger partial charge in [0.15, 0.2) is 0 Å². The molecule has 0 saturated carbocycles. The highest BCUT2D eigenvalue weighted by Crippen LogP contribution is 2.43. The van der Waals surface area contributed by atoms with Gasteiger partial charge in [-0.2, -0.15) is 5.10 Å². The highest BCUT2D eigenvalue weighted by molar-refractivity contribution is 6.03. The predicted octanol–water partition coefficient (Wildman–Crippen LogP) is 5.87. The number of ether oxygens (including phenoxy) is 1. The maximum atomic E-state index is 13.2. The molecule has 2 N–H and O–H groups in total. The second-order valence-electron chi connectivity index (χ2n) is 11.5. The average molecular weight is 550 g/mol. The molecule has 2 aliphatic heterocycles. The van der Waals surface area contributed by atoms with Crippen LogP contribution in [0.1, 0.15) is 65.0 Å². The zero-order valence-corrected chi connectivity index (χ0v) is 24.3. The van der Waals surface area contributed by atoms with E-state index in [0.717, 1.165) is 66.8 Å². The first-order valence-electron chi connectivity index (χ1n) is 14.5. The molecule has 0 bridgehead atoms. The van der Waals surface area contributed by atoms with Crippen molar-refractivity contribution in [2.45, 2.75) is 45.2 Å². The van der Waals surface area contributed by atoms with Gasteiger partial charge >= 0.3 is 0 Å². The fraction of sp³-hybridized carbons (Fsp3) is 0.353. The van der Waals surface area contributed by atoms with Crippen LogP contribution in [0.5, 0.6) is 0 Å². The van der Waals surface area contributed by atoms with Crippen LogP contribution in [0.3, 0.4) is 0 Å². The molecule has 1 fully saturated rings. The molecule has 1 saturated heterocycles. The fourth-order valence-electron chi connectivity index (χ4n) is 6.90. The standard InChI is InChI=1S/C34H39N5O2/c1-22(35)32(38(4)36-2)25-12-8-9-13-27-29-18-26-21-37(3)34(40)28(26)20-31(29)39(30(27)19-25)33(23-10-6-5-7-11-23)24-14-16-41-17-15-24/h5-8,10-12,18-20,24,33H,2,9,13-17,21,35H2,1,3-4H3/b12-8?,25-19+,32-22-/t33-/m1/s1. The summed E-state index contributed by atoms with van der Waals surface area (Å²) in [7, 11) is 3.76. The summed E-state index contributed by atoms with van der Waals surface area (Å²) in [6.07, 6.45) is 10.4. The SMILES string of the molecule is C=NN(C)C(=C(/C)N)/C1=C/c2c(c3cc4c(cc3n2[C@H](c2ccccc2)C2CCOCC2)C(=O)N(C)C4)CCC=C1. The number of fused-ring (bicyclic) bond motifs is 4. The summed E-state index contributed by atoms with van der Waals surface area (Å²) >= 11 is 0. The molecule has 3 heterocycles. The van der Waals surface area contributed by atoms with Gasteiger partial charge in [0.25, 0.3) is 5.91 Å². The number of hydrogen-bond acceptors (Lipinski definition) is 5. The molecule has 1 aromatic heterocycles. The maximum absolute atomic E-state index is 13.2. The van der Waals surface area contributed by atoms with Crippen LogP contribution in [-0.4, -0.2) is 54.4 Å². The van der Waals surface area contributed by atoms with Gasteiger partial charge in [0.05, 0.1) is 17.3 Å². The van der Waals surface area contributed by atoms with Gasteiger partial charge in [0, 0.05) is 68.5 Å². The molecular formula is C34H39N5O2. The lowest BCUT2D eigenvalue weighted by atomic mass is 9.86. The number of aryl methyl sites for hydroxylation is 1. The third-order valence-electron chi connectivity index (χ3n) is 8.82. The number of nitrogens with zero attached hydrogens (tertiary/aromatic N) is 4. The Kier molecular flexibility index (Phi) is 7.30.